The number of rotatable bonds is 12. The summed E-state index contributed by atoms with van der Waals surface area (Å²) in [6.45, 7) is 12.1. The molecule has 0 N–H and O–H groups in total. The van der Waals surface area contributed by atoms with Crippen LogP contribution in [-0.4, -0.2) is 5.78 Å². The zero-order valence-electron chi connectivity index (χ0n) is 14.4. The first-order chi connectivity index (χ1) is 9.92. The first-order valence-corrected chi connectivity index (χ1v) is 9.22. The van der Waals surface area contributed by atoms with E-state index < -0.39 is 0 Å². The van der Waals surface area contributed by atoms with Gasteiger partial charge in [-0.25, -0.2) is 0 Å². The summed E-state index contributed by atoms with van der Waals surface area (Å²) in [6, 6.07) is 0. The second kappa shape index (κ2) is 12.2. The Morgan fingerprint density at radius 1 is 1.05 bits per heavy atom. The van der Waals surface area contributed by atoms with Crippen molar-refractivity contribution >= 4 is 21.7 Å². The van der Waals surface area contributed by atoms with Gasteiger partial charge in [0.25, 0.3) is 0 Å². The fourth-order valence-corrected chi connectivity index (χ4v) is 3.15. The monoisotopic (exact) mass is 356 g/mol. The summed E-state index contributed by atoms with van der Waals surface area (Å²) in [7, 11) is 0. The van der Waals surface area contributed by atoms with Crippen molar-refractivity contribution in [3.8, 4) is 0 Å². The molecule has 0 amide bonds. The molecule has 0 radical (unpaired) electrons. The predicted molar refractivity (Wildman–Crippen MR) is 97.8 cm³/mol. The normalized spacial score (nSPS) is 12.0. The molecule has 0 heterocycles. The van der Waals surface area contributed by atoms with Crippen molar-refractivity contribution < 1.29 is 4.79 Å². The van der Waals surface area contributed by atoms with Gasteiger partial charge in [0.05, 0.1) is 0 Å². The van der Waals surface area contributed by atoms with Crippen LogP contribution in [0.1, 0.15) is 85.5 Å². The van der Waals surface area contributed by atoms with Gasteiger partial charge in [-0.2, -0.15) is 0 Å². The van der Waals surface area contributed by atoms with Gasteiger partial charge in [-0.1, -0.05) is 53.8 Å². The van der Waals surface area contributed by atoms with Crippen LogP contribution in [0.4, 0.5) is 0 Å². The summed E-state index contributed by atoms with van der Waals surface area (Å²) in [5.41, 5.74) is 2.67. The molecular weight excluding hydrogens is 324 g/mol. The van der Waals surface area contributed by atoms with Crippen molar-refractivity contribution in [3.05, 3.63) is 22.2 Å². The molecule has 0 aromatic heterocycles. The van der Waals surface area contributed by atoms with Gasteiger partial charge in [-0.3, -0.25) is 4.79 Å². The molecule has 2 heteroatoms. The Morgan fingerprint density at radius 3 is 1.95 bits per heavy atom. The van der Waals surface area contributed by atoms with Crippen LogP contribution in [0.5, 0.6) is 0 Å². The number of carbonyl (C=O) groups excluding carboxylic acids is 1. The van der Waals surface area contributed by atoms with E-state index in [-0.39, 0.29) is 5.92 Å². The highest BCUT2D eigenvalue weighted by atomic mass is 79.9. The van der Waals surface area contributed by atoms with E-state index in [9.17, 15) is 4.79 Å². The molecule has 0 spiro atoms. The van der Waals surface area contributed by atoms with Crippen LogP contribution in [-0.2, 0) is 4.79 Å². The molecule has 0 rings (SSSR count). The summed E-state index contributed by atoms with van der Waals surface area (Å²) in [5, 5.41) is 0. The fourth-order valence-electron chi connectivity index (χ4n) is 2.52. The maximum absolute atomic E-state index is 11.7. The van der Waals surface area contributed by atoms with Crippen LogP contribution in [0, 0.1) is 5.92 Å². The van der Waals surface area contributed by atoms with Gasteiger partial charge in [0.2, 0.25) is 0 Å². The second-order valence-corrected chi connectivity index (χ2v) is 7.18. The number of unbranched alkanes of at least 4 members (excludes halogenated alkanes) is 2. The standard InChI is InChI=1S/C19H33BrO/c1-6-8-10-17(11-9-7-2)19(20)13-12-18(16(5)21)14-15(3)4/h18H,3,6-14H2,1-2,4-5H3. The molecule has 21 heavy (non-hydrogen) atoms. The highest BCUT2D eigenvalue weighted by Crippen LogP contribution is 2.29. The van der Waals surface area contributed by atoms with Crippen molar-refractivity contribution in [1.29, 1.82) is 0 Å². The molecule has 0 aromatic carbocycles. The number of halogens is 1. The van der Waals surface area contributed by atoms with E-state index in [1.807, 2.05) is 6.92 Å². The number of ketones is 1. The summed E-state index contributed by atoms with van der Waals surface area (Å²) in [6.07, 6.45) is 10.1. The summed E-state index contributed by atoms with van der Waals surface area (Å²) < 4.78 is 1.34. The van der Waals surface area contributed by atoms with E-state index in [1.165, 1.54) is 43.0 Å². The van der Waals surface area contributed by atoms with Crippen molar-refractivity contribution in [3.63, 3.8) is 0 Å². The van der Waals surface area contributed by atoms with Gasteiger partial charge in [0.1, 0.15) is 5.78 Å². The topological polar surface area (TPSA) is 17.1 Å². The molecule has 0 aliphatic heterocycles. The van der Waals surface area contributed by atoms with Gasteiger partial charge in [0, 0.05) is 5.92 Å². The third-order valence-corrected chi connectivity index (χ3v) is 4.89. The Hall–Kier alpha value is -0.370. The molecule has 0 saturated carbocycles. The van der Waals surface area contributed by atoms with E-state index in [0.717, 1.165) is 24.8 Å². The molecule has 0 fully saturated rings. The Morgan fingerprint density at radius 2 is 1.57 bits per heavy atom. The number of hydrogen-bond acceptors (Lipinski definition) is 1. The molecule has 1 unspecified atom stereocenters. The quantitative estimate of drug-likeness (QED) is 0.345. The minimum atomic E-state index is 0.133. The zero-order chi connectivity index (χ0) is 16.3. The Kier molecular flexibility index (Phi) is 12.0. The molecule has 0 aliphatic rings. The van der Waals surface area contributed by atoms with Crippen LogP contribution < -0.4 is 0 Å². The predicted octanol–water partition coefficient (Wildman–Crippen LogP) is 6.97. The number of allylic oxidation sites excluding steroid dienone is 3. The third kappa shape index (κ3) is 10.1. The number of hydrogen-bond donors (Lipinski definition) is 0. The molecular formula is C19H33BrO. The lowest BCUT2D eigenvalue weighted by atomic mass is 9.91. The van der Waals surface area contributed by atoms with E-state index in [1.54, 1.807) is 12.5 Å². The van der Waals surface area contributed by atoms with E-state index in [2.05, 4.69) is 36.4 Å². The molecule has 0 aromatic rings. The minimum Gasteiger partial charge on any atom is -0.300 e. The van der Waals surface area contributed by atoms with Crippen LogP contribution in [0.3, 0.4) is 0 Å². The summed E-state index contributed by atoms with van der Waals surface area (Å²) in [4.78, 5) is 11.7. The molecule has 122 valence electrons. The Bertz CT molecular complexity index is 345. The molecule has 1 atom stereocenters. The minimum absolute atomic E-state index is 0.133. The van der Waals surface area contributed by atoms with Gasteiger partial charge in [-0.15, -0.1) is 6.58 Å². The molecule has 0 saturated heterocycles. The van der Waals surface area contributed by atoms with Gasteiger partial charge < -0.3 is 0 Å². The average Bonchev–Trinajstić information content (AvgIpc) is 2.42. The van der Waals surface area contributed by atoms with Crippen LogP contribution >= 0.6 is 15.9 Å². The van der Waals surface area contributed by atoms with E-state index in [0.29, 0.717) is 5.78 Å². The molecule has 1 nitrogen and oxygen atoms in total. The van der Waals surface area contributed by atoms with Crippen LogP contribution in [0.2, 0.25) is 0 Å². The maximum Gasteiger partial charge on any atom is 0.133 e. The van der Waals surface area contributed by atoms with Crippen molar-refractivity contribution in [1.82, 2.24) is 0 Å². The highest BCUT2D eigenvalue weighted by Gasteiger charge is 2.15. The van der Waals surface area contributed by atoms with Crippen molar-refractivity contribution in [2.45, 2.75) is 85.5 Å². The van der Waals surface area contributed by atoms with E-state index >= 15 is 0 Å². The third-order valence-electron chi connectivity index (χ3n) is 3.93. The average molecular weight is 357 g/mol. The first kappa shape index (κ1) is 20.6. The van der Waals surface area contributed by atoms with Crippen LogP contribution in [0.25, 0.3) is 0 Å². The lowest BCUT2D eigenvalue weighted by molar-refractivity contribution is -0.120. The van der Waals surface area contributed by atoms with Crippen LogP contribution in [0.15, 0.2) is 22.2 Å². The van der Waals surface area contributed by atoms with E-state index in [4.69, 9.17) is 0 Å². The summed E-state index contributed by atoms with van der Waals surface area (Å²) >= 11 is 3.79. The SMILES string of the molecule is C=C(C)CC(CCC(Br)=C(CCCC)CCCC)C(C)=O. The van der Waals surface area contributed by atoms with Crippen molar-refractivity contribution in [2.75, 3.05) is 0 Å². The Balaban J connectivity index is 4.65. The summed E-state index contributed by atoms with van der Waals surface area (Å²) in [5.74, 6) is 0.426. The van der Waals surface area contributed by atoms with Gasteiger partial charge >= 0.3 is 0 Å². The van der Waals surface area contributed by atoms with Gasteiger partial charge in [0.15, 0.2) is 0 Å². The first-order valence-electron chi connectivity index (χ1n) is 8.43. The lowest BCUT2D eigenvalue weighted by Crippen LogP contribution is -2.11. The maximum atomic E-state index is 11.7. The number of Topliss-reactive ketones (excluding diaryl/α,β-unsaturated/α-hetero) is 1. The number of carbonyl (C=O) groups is 1. The lowest BCUT2D eigenvalue weighted by Gasteiger charge is -2.15. The molecule has 0 bridgehead atoms. The smallest absolute Gasteiger partial charge is 0.133 e. The molecule has 0 aliphatic carbocycles. The highest BCUT2D eigenvalue weighted by molar-refractivity contribution is 9.11. The Labute approximate surface area is 140 Å². The van der Waals surface area contributed by atoms with Gasteiger partial charge in [-0.05, 0) is 63.3 Å². The second-order valence-electron chi connectivity index (χ2n) is 6.22. The van der Waals surface area contributed by atoms with Crippen molar-refractivity contribution in [2.24, 2.45) is 5.92 Å². The largest absolute Gasteiger partial charge is 0.300 e. The zero-order valence-corrected chi connectivity index (χ0v) is 16.0. The fraction of sp³-hybridized carbons (Fsp3) is 0.737.